The van der Waals surface area contributed by atoms with Crippen LogP contribution in [0.15, 0.2) is 17.8 Å². The van der Waals surface area contributed by atoms with Gasteiger partial charge < -0.3 is 10.1 Å². The molecule has 1 N–H and O–H groups in total. The van der Waals surface area contributed by atoms with Crippen LogP contribution in [0.5, 0.6) is 0 Å². The summed E-state index contributed by atoms with van der Waals surface area (Å²) in [6.45, 7) is -1.13. The molecule has 2 aromatic heterocycles. The second-order valence-corrected chi connectivity index (χ2v) is 5.58. The molecular formula is C13H15F3N4O2S. The van der Waals surface area contributed by atoms with Gasteiger partial charge in [-0.3, -0.25) is 9.48 Å². The molecule has 23 heavy (non-hydrogen) atoms. The number of hydrogen-bond acceptors (Lipinski definition) is 5. The van der Waals surface area contributed by atoms with Gasteiger partial charge in [0.15, 0.2) is 0 Å². The third-order valence-corrected chi connectivity index (χ3v) is 3.60. The minimum atomic E-state index is -4.33. The van der Waals surface area contributed by atoms with Gasteiger partial charge in [-0.1, -0.05) is 0 Å². The van der Waals surface area contributed by atoms with Crippen LogP contribution in [0, 0.1) is 0 Å². The SMILES string of the molecule is Cn1cc(-c2nc(C(=O)NCCCOCC(F)(F)F)cs2)cn1. The summed E-state index contributed by atoms with van der Waals surface area (Å²) in [6.07, 6.45) is -0.592. The molecule has 0 aliphatic heterocycles. The molecule has 6 nitrogen and oxygen atoms in total. The molecule has 0 unspecified atom stereocenters. The number of aryl methyl sites for hydroxylation is 1. The van der Waals surface area contributed by atoms with Crippen molar-refractivity contribution in [2.75, 3.05) is 19.8 Å². The molecule has 10 heteroatoms. The van der Waals surface area contributed by atoms with E-state index in [1.807, 2.05) is 0 Å². The molecule has 0 aliphatic rings. The van der Waals surface area contributed by atoms with E-state index in [1.165, 1.54) is 11.3 Å². The van der Waals surface area contributed by atoms with E-state index < -0.39 is 12.8 Å². The summed E-state index contributed by atoms with van der Waals surface area (Å²) >= 11 is 1.32. The van der Waals surface area contributed by atoms with E-state index in [2.05, 4.69) is 20.1 Å². The van der Waals surface area contributed by atoms with Crippen LogP contribution in [0.2, 0.25) is 0 Å². The van der Waals surface area contributed by atoms with E-state index in [0.29, 0.717) is 11.4 Å². The van der Waals surface area contributed by atoms with Gasteiger partial charge in [0.05, 0.1) is 6.20 Å². The van der Waals surface area contributed by atoms with Gasteiger partial charge >= 0.3 is 6.18 Å². The second-order valence-electron chi connectivity index (χ2n) is 4.72. The van der Waals surface area contributed by atoms with Crippen LogP contribution in [-0.4, -0.2) is 46.6 Å². The summed E-state index contributed by atoms with van der Waals surface area (Å²) in [5.41, 5.74) is 1.09. The molecular weight excluding hydrogens is 333 g/mol. The fourth-order valence-corrected chi connectivity index (χ4v) is 2.47. The maximum Gasteiger partial charge on any atom is 0.411 e. The van der Waals surface area contributed by atoms with E-state index in [9.17, 15) is 18.0 Å². The number of nitrogens with one attached hydrogen (secondary N) is 1. The lowest BCUT2D eigenvalue weighted by Crippen LogP contribution is -2.26. The number of ether oxygens (including phenoxy) is 1. The number of alkyl halides is 3. The number of amides is 1. The summed E-state index contributed by atoms with van der Waals surface area (Å²) in [5.74, 6) is -0.368. The van der Waals surface area contributed by atoms with Crippen molar-refractivity contribution in [1.82, 2.24) is 20.1 Å². The second kappa shape index (κ2) is 7.55. The van der Waals surface area contributed by atoms with Crippen LogP contribution in [0.3, 0.4) is 0 Å². The van der Waals surface area contributed by atoms with Crippen molar-refractivity contribution in [2.45, 2.75) is 12.6 Å². The first-order valence-corrected chi connectivity index (χ1v) is 7.60. The Bertz CT molecular complexity index is 654. The average molecular weight is 348 g/mol. The van der Waals surface area contributed by atoms with Crippen molar-refractivity contribution >= 4 is 17.2 Å². The summed E-state index contributed by atoms with van der Waals surface area (Å²) in [6, 6.07) is 0. The zero-order valence-electron chi connectivity index (χ0n) is 12.3. The van der Waals surface area contributed by atoms with Crippen LogP contribution >= 0.6 is 11.3 Å². The molecule has 0 spiro atoms. The minimum Gasteiger partial charge on any atom is -0.372 e. The molecule has 0 aliphatic carbocycles. The van der Waals surface area contributed by atoms with Crippen LogP contribution in [0.25, 0.3) is 10.6 Å². The zero-order chi connectivity index (χ0) is 16.9. The standard InChI is InChI=1S/C13H15F3N4O2S/c1-20-6-9(5-18-20)12-19-10(7-23-12)11(21)17-3-2-4-22-8-13(14,15)16/h5-7H,2-4,8H2,1H3,(H,17,21). The number of carbonyl (C=O) groups excluding carboxylic acids is 1. The van der Waals surface area contributed by atoms with Crippen molar-refractivity contribution in [2.24, 2.45) is 7.05 Å². The average Bonchev–Trinajstić information content (AvgIpc) is 3.09. The highest BCUT2D eigenvalue weighted by molar-refractivity contribution is 7.13. The van der Waals surface area contributed by atoms with Gasteiger partial charge in [0.1, 0.15) is 17.3 Å². The quantitative estimate of drug-likeness (QED) is 0.779. The summed E-state index contributed by atoms with van der Waals surface area (Å²) in [4.78, 5) is 16.1. The summed E-state index contributed by atoms with van der Waals surface area (Å²) in [5, 5.41) is 8.92. The number of hydrogen-bond donors (Lipinski definition) is 1. The lowest BCUT2D eigenvalue weighted by molar-refractivity contribution is -0.173. The Labute approximate surface area is 134 Å². The van der Waals surface area contributed by atoms with Crippen molar-refractivity contribution < 1.29 is 22.7 Å². The van der Waals surface area contributed by atoms with E-state index in [0.717, 1.165) is 5.56 Å². The minimum absolute atomic E-state index is 0.0716. The first-order chi connectivity index (χ1) is 10.8. The molecule has 0 radical (unpaired) electrons. The Kier molecular flexibility index (Phi) is 5.72. The molecule has 0 aromatic carbocycles. The fourth-order valence-electron chi connectivity index (χ4n) is 1.70. The van der Waals surface area contributed by atoms with Crippen LogP contribution in [0.4, 0.5) is 13.2 Å². The largest absolute Gasteiger partial charge is 0.411 e. The van der Waals surface area contributed by atoms with Gasteiger partial charge in [-0.05, 0) is 6.42 Å². The van der Waals surface area contributed by atoms with Gasteiger partial charge in [0.2, 0.25) is 0 Å². The monoisotopic (exact) mass is 348 g/mol. The van der Waals surface area contributed by atoms with Gasteiger partial charge in [0.25, 0.3) is 5.91 Å². The number of aromatic nitrogens is 3. The van der Waals surface area contributed by atoms with E-state index >= 15 is 0 Å². The first-order valence-electron chi connectivity index (χ1n) is 6.72. The third kappa shape index (κ3) is 5.64. The predicted octanol–water partition coefficient (Wildman–Crippen LogP) is 2.24. The first kappa shape index (κ1) is 17.4. The third-order valence-electron chi connectivity index (χ3n) is 2.71. The molecule has 0 fully saturated rings. The summed E-state index contributed by atoms with van der Waals surface area (Å²) < 4.78 is 41.6. The van der Waals surface area contributed by atoms with Crippen LogP contribution < -0.4 is 5.32 Å². The van der Waals surface area contributed by atoms with Gasteiger partial charge in [-0.2, -0.15) is 18.3 Å². The van der Waals surface area contributed by atoms with E-state index in [1.54, 1.807) is 29.5 Å². The number of carbonyl (C=O) groups is 1. The van der Waals surface area contributed by atoms with Crippen molar-refractivity contribution in [3.63, 3.8) is 0 Å². The highest BCUT2D eigenvalue weighted by Gasteiger charge is 2.27. The molecule has 2 heterocycles. The molecule has 0 saturated carbocycles. The topological polar surface area (TPSA) is 69.0 Å². The van der Waals surface area contributed by atoms with Crippen molar-refractivity contribution in [3.8, 4) is 10.6 Å². The van der Waals surface area contributed by atoms with Crippen molar-refractivity contribution in [3.05, 3.63) is 23.5 Å². The van der Waals surface area contributed by atoms with Gasteiger partial charge in [0, 0.05) is 37.3 Å². The maximum absolute atomic E-state index is 11.9. The number of halogens is 3. The van der Waals surface area contributed by atoms with Gasteiger partial charge in [-0.15, -0.1) is 11.3 Å². The molecule has 0 atom stereocenters. The molecule has 126 valence electrons. The molecule has 2 rings (SSSR count). The lowest BCUT2D eigenvalue weighted by atomic mass is 10.3. The Morgan fingerprint density at radius 2 is 2.26 bits per heavy atom. The van der Waals surface area contributed by atoms with Crippen molar-refractivity contribution in [1.29, 1.82) is 0 Å². The molecule has 0 bridgehead atoms. The van der Waals surface area contributed by atoms with E-state index in [4.69, 9.17) is 0 Å². The Morgan fingerprint density at radius 3 is 2.91 bits per heavy atom. The Morgan fingerprint density at radius 1 is 1.48 bits per heavy atom. The normalized spacial score (nSPS) is 11.7. The van der Waals surface area contributed by atoms with Gasteiger partial charge in [-0.25, -0.2) is 4.98 Å². The highest BCUT2D eigenvalue weighted by atomic mass is 32.1. The lowest BCUT2D eigenvalue weighted by Gasteiger charge is -2.07. The molecule has 1 amide bonds. The van der Waals surface area contributed by atoms with Crippen LogP contribution in [0.1, 0.15) is 16.9 Å². The number of rotatable bonds is 7. The Balaban J connectivity index is 1.73. The molecule has 0 saturated heterocycles. The predicted molar refractivity (Wildman–Crippen MR) is 78.1 cm³/mol. The summed E-state index contributed by atoms with van der Waals surface area (Å²) in [7, 11) is 1.78. The van der Waals surface area contributed by atoms with Crippen LogP contribution in [-0.2, 0) is 11.8 Å². The molecule has 2 aromatic rings. The smallest absolute Gasteiger partial charge is 0.372 e. The zero-order valence-corrected chi connectivity index (χ0v) is 13.1. The number of nitrogens with zero attached hydrogens (tertiary/aromatic N) is 3. The Hall–Kier alpha value is -1.94. The number of thiazole rings is 1. The maximum atomic E-state index is 11.9. The van der Waals surface area contributed by atoms with E-state index in [-0.39, 0.29) is 24.8 Å². The highest BCUT2D eigenvalue weighted by Crippen LogP contribution is 2.22. The fraction of sp³-hybridized carbons (Fsp3) is 0.462.